The molecule has 0 atom stereocenters. The number of rotatable bonds is 4. The number of carbonyl (C=O) groups excluding carboxylic acids is 1. The molecule has 0 saturated heterocycles. The number of aromatic nitrogens is 2. The Bertz CT molecular complexity index is 776. The summed E-state index contributed by atoms with van der Waals surface area (Å²) in [5, 5.41) is 2.22. The van der Waals surface area contributed by atoms with Crippen molar-refractivity contribution in [3.63, 3.8) is 0 Å². The highest BCUT2D eigenvalue weighted by Crippen LogP contribution is 2.35. The van der Waals surface area contributed by atoms with Crippen molar-refractivity contribution in [1.82, 2.24) is 9.97 Å². The number of thioether (sulfide) groups is 1. The zero-order valence-electron chi connectivity index (χ0n) is 11.3. The molecule has 10 heteroatoms. The van der Waals surface area contributed by atoms with Crippen LogP contribution in [0.5, 0.6) is 0 Å². The lowest BCUT2D eigenvalue weighted by atomic mass is 10.1. The second kappa shape index (κ2) is 6.82. The van der Waals surface area contributed by atoms with E-state index >= 15 is 0 Å². The van der Waals surface area contributed by atoms with Crippen molar-refractivity contribution in [2.24, 2.45) is 0 Å². The van der Waals surface area contributed by atoms with Crippen molar-refractivity contribution in [1.29, 1.82) is 0 Å². The SMILES string of the molecule is O=C(CSc1nccc(=O)[nH]1)Nc1ccc(F)cc1C(F)(F)F. The van der Waals surface area contributed by atoms with Gasteiger partial charge in [-0.2, -0.15) is 13.2 Å². The van der Waals surface area contributed by atoms with Crippen molar-refractivity contribution in [2.45, 2.75) is 11.3 Å². The Kier molecular flexibility index (Phi) is 5.04. The number of anilines is 1. The normalized spacial score (nSPS) is 11.3. The number of hydrogen-bond acceptors (Lipinski definition) is 4. The Morgan fingerprint density at radius 3 is 2.70 bits per heavy atom. The maximum absolute atomic E-state index is 13.0. The summed E-state index contributed by atoms with van der Waals surface area (Å²) in [5.41, 5.74) is -2.23. The van der Waals surface area contributed by atoms with E-state index in [9.17, 15) is 27.2 Å². The van der Waals surface area contributed by atoms with E-state index in [1.807, 2.05) is 0 Å². The molecule has 122 valence electrons. The molecular weight excluding hydrogens is 338 g/mol. The van der Waals surface area contributed by atoms with Crippen LogP contribution in [0.15, 0.2) is 40.4 Å². The highest BCUT2D eigenvalue weighted by molar-refractivity contribution is 7.99. The summed E-state index contributed by atoms with van der Waals surface area (Å²) >= 11 is 0.844. The van der Waals surface area contributed by atoms with E-state index in [0.717, 1.165) is 23.9 Å². The summed E-state index contributed by atoms with van der Waals surface area (Å²) in [4.78, 5) is 28.9. The molecule has 2 N–H and O–H groups in total. The van der Waals surface area contributed by atoms with Gasteiger partial charge in [0.25, 0.3) is 5.56 Å². The van der Waals surface area contributed by atoms with E-state index in [0.29, 0.717) is 6.07 Å². The van der Waals surface area contributed by atoms with Crippen molar-refractivity contribution >= 4 is 23.4 Å². The maximum Gasteiger partial charge on any atom is 0.418 e. The number of hydrogen-bond donors (Lipinski definition) is 2. The van der Waals surface area contributed by atoms with Crippen LogP contribution in [0.2, 0.25) is 0 Å². The van der Waals surface area contributed by atoms with Gasteiger partial charge in [0, 0.05) is 12.3 Å². The minimum atomic E-state index is -4.80. The quantitative estimate of drug-likeness (QED) is 0.507. The first kappa shape index (κ1) is 17.0. The molecule has 0 unspecified atom stereocenters. The van der Waals surface area contributed by atoms with E-state index in [2.05, 4.69) is 15.3 Å². The van der Waals surface area contributed by atoms with Crippen LogP contribution in [0.4, 0.5) is 23.2 Å². The van der Waals surface area contributed by atoms with Gasteiger partial charge in [-0.05, 0) is 18.2 Å². The van der Waals surface area contributed by atoms with Crippen LogP contribution in [-0.4, -0.2) is 21.6 Å². The minimum absolute atomic E-state index is 0.155. The van der Waals surface area contributed by atoms with Crippen molar-refractivity contribution in [3.8, 4) is 0 Å². The Balaban J connectivity index is 2.07. The van der Waals surface area contributed by atoms with Crippen LogP contribution >= 0.6 is 11.8 Å². The van der Waals surface area contributed by atoms with Gasteiger partial charge in [0.1, 0.15) is 5.82 Å². The van der Waals surface area contributed by atoms with E-state index in [1.54, 1.807) is 0 Å². The molecule has 0 aliphatic carbocycles. The Labute approximate surface area is 131 Å². The van der Waals surface area contributed by atoms with E-state index in [1.165, 1.54) is 12.3 Å². The zero-order valence-corrected chi connectivity index (χ0v) is 12.1. The molecule has 0 fully saturated rings. The van der Waals surface area contributed by atoms with E-state index in [-0.39, 0.29) is 10.9 Å². The van der Waals surface area contributed by atoms with E-state index < -0.39 is 34.7 Å². The maximum atomic E-state index is 13.0. The molecule has 2 aromatic rings. The van der Waals surface area contributed by atoms with E-state index in [4.69, 9.17) is 0 Å². The fourth-order valence-corrected chi connectivity index (χ4v) is 2.25. The summed E-state index contributed by atoms with van der Waals surface area (Å²) in [6.07, 6.45) is -3.56. The lowest BCUT2D eigenvalue weighted by Gasteiger charge is -2.13. The molecule has 1 aromatic carbocycles. The molecule has 0 aliphatic heterocycles. The molecule has 5 nitrogen and oxygen atoms in total. The highest BCUT2D eigenvalue weighted by Gasteiger charge is 2.34. The zero-order chi connectivity index (χ0) is 17.0. The molecular formula is C13H9F4N3O2S. The fraction of sp³-hybridized carbons (Fsp3) is 0.154. The number of alkyl halides is 3. The third-order valence-corrected chi connectivity index (χ3v) is 3.44. The summed E-state index contributed by atoms with van der Waals surface area (Å²) < 4.78 is 51.4. The molecule has 0 bridgehead atoms. The minimum Gasteiger partial charge on any atom is -0.325 e. The van der Waals surface area contributed by atoms with Gasteiger partial charge >= 0.3 is 6.18 Å². The first-order chi connectivity index (χ1) is 10.8. The van der Waals surface area contributed by atoms with Gasteiger partial charge in [-0.1, -0.05) is 11.8 Å². The van der Waals surface area contributed by atoms with Crippen molar-refractivity contribution < 1.29 is 22.4 Å². The predicted octanol–water partition coefficient (Wildman–Crippen LogP) is 2.66. The van der Waals surface area contributed by atoms with Crippen molar-refractivity contribution in [2.75, 3.05) is 11.1 Å². The number of benzene rings is 1. The standard InChI is InChI=1S/C13H9F4N3O2S/c14-7-1-2-9(8(5-7)13(15,16)17)19-11(22)6-23-12-18-4-3-10(21)20-12/h1-5H,6H2,(H,19,22)(H,18,20,21). The van der Waals surface area contributed by atoms with Gasteiger partial charge in [0.05, 0.1) is 17.0 Å². The van der Waals surface area contributed by atoms with Crippen LogP contribution in [0.1, 0.15) is 5.56 Å². The number of H-pyrrole nitrogens is 1. The lowest BCUT2D eigenvalue weighted by Crippen LogP contribution is -2.18. The van der Waals surface area contributed by atoms with Crippen LogP contribution in [0.25, 0.3) is 0 Å². The molecule has 2 rings (SSSR count). The average Bonchev–Trinajstić information content (AvgIpc) is 2.46. The molecule has 0 radical (unpaired) electrons. The predicted molar refractivity (Wildman–Crippen MR) is 75.6 cm³/mol. The molecule has 0 saturated carbocycles. The van der Waals surface area contributed by atoms with Gasteiger partial charge in [-0.3, -0.25) is 9.59 Å². The molecule has 0 aliphatic rings. The summed E-state index contributed by atoms with van der Waals surface area (Å²) in [6, 6.07) is 3.13. The Morgan fingerprint density at radius 1 is 1.30 bits per heavy atom. The van der Waals surface area contributed by atoms with Gasteiger partial charge in [0.2, 0.25) is 5.91 Å². The smallest absolute Gasteiger partial charge is 0.325 e. The van der Waals surface area contributed by atoms with Crippen molar-refractivity contribution in [3.05, 3.63) is 52.2 Å². The number of halogens is 4. The summed E-state index contributed by atoms with van der Waals surface area (Å²) in [6.45, 7) is 0. The molecule has 23 heavy (non-hydrogen) atoms. The lowest BCUT2D eigenvalue weighted by molar-refractivity contribution is -0.137. The highest BCUT2D eigenvalue weighted by atomic mass is 32.2. The van der Waals surface area contributed by atoms with Gasteiger partial charge in [0.15, 0.2) is 5.16 Å². The summed E-state index contributed by atoms with van der Waals surface area (Å²) in [5.74, 6) is -2.09. The second-order valence-electron chi connectivity index (χ2n) is 4.26. The fourth-order valence-electron chi connectivity index (χ4n) is 1.61. The molecule has 0 spiro atoms. The number of carbonyl (C=O) groups is 1. The monoisotopic (exact) mass is 347 g/mol. The Hall–Kier alpha value is -2.36. The van der Waals surface area contributed by atoms with Crippen LogP contribution in [-0.2, 0) is 11.0 Å². The topological polar surface area (TPSA) is 74.8 Å². The van der Waals surface area contributed by atoms with Crippen LogP contribution in [0, 0.1) is 5.82 Å². The third kappa shape index (κ3) is 4.81. The van der Waals surface area contributed by atoms with Gasteiger partial charge in [-0.15, -0.1) is 0 Å². The second-order valence-corrected chi connectivity index (χ2v) is 5.23. The Morgan fingerprint density at radius 2 is 2.04 bits per heavy atom. The van der Waals surface area contributed by atoms with Crippen LogP contribution in [0.3, 0.4) is 0 Å². The average molecular weight is 347 g/mol. The number of aromatic amines is 1. The largest absolute Gasteiger partial charge is 0.418 e. The number of amides is 1. The molecule has 1 heterocycles. The third-order valence-electron chi connectivity index (χ3n) is 2.55. The molecule has 1 aromatic heterocycles. The van der Waals surface area contributed by atoms with Crippen LogP contribution < -0.4 is 10.9 Å². The molecule has 1 amide bonds. The first-order valence-corrected chi connectivity index (χ1v) is 7.09. The first-order valence-electron chi connectivity index (χ1n) is 6.10. The van der Waals surface area contributed by atoms with Gasteiger partial charge < -0.3 is 10.3 Å². The number of nitrogens with zero attached hydrogens (tertiary/aromatic N) is 1. The summed E-state index contributed by atoms with van der Waals surface area (Å²) in [7, 11) is 0. The van der Waals surface area contributed by atoms with Gasteiger partial charge in [-0.25, -0.2) is 9.37 Å². The number of nitrogens with one attached hydrogen (secondary N) is 2.